The van der Waals surface area contributed by atoms with Gasteiger partial charge in [0.25, 0.3) is 0 Å². The Kier molecular flexibility index (Phi) is 3.54. The van der Waals surface area contributed by atoms with Crippen LogP contribution in [0.4, 0.5) is 10.1 Å². The third-order valence-electron chi connectivity index (χ3n) is 2.62. The van der Waals surface area contributed by atoms with Gasteiger partial charge in [0.15, 0.2) is 0 Å². The monoisotopic (exact) mass is 284 g/mol. The van der Waals surface area contributed by atoms with Crippen LogP contribution in [0.1, 0.15) is 11.3 Å². The molecule has 4 N–H and O–H groups in total. The number of hydrogen-bond donors (Lipinski definition) is 3. The van der Waals surface area contributed by atoms with Gasteiger partial charge in [-0.1, -0.05) is 0 Å². The zero-order chi connectivity index (χ0) is 14.0. The lowest BCUT2D eigenvalue weighted by molar-refractivity contribution is 0.556. The van der Waals surface area contributed by atoms with Crippen molar-refractivity contribution in [1.82, 2.24) is 14.9 Å². The molecule has 2 aromatic rings. The smallest absolute Gasteiger partial charge is 0.243 e. The summed E-state index contributed by atoms with van der Waals surface area (Å²) in [4.78, 5) is -0.463. The first-order valence-corrected chi connectivity index (χ1v) is 6.92. The quantitative estimate of drug-likeness (QED) is 0.727. The Morgan fingerprint density at radius 1 is 1.47 bits per heavy atom. The zero-order valence-corrected chi connectivity index (χ0v) is 11.0. The van der Waals surface area contributed by atoms with Crippen LogP contribution in [0, 0.1) is 12.7 Å². The van der Waals surface area contributed by atoms with Crippen LogP contribution in [0.2, 0.25) is 0 Å². The summed E-state index contributed by atoms with van der Waals surface area (Å²) in [6.07, 6.45) is 1.49. The Balaban J connectivity index is 2.27. The summed E-state index contributed by atoms with van der Waals surface area (Å²) >= 11 is 0. The van der Waals surface area contributed by atoms with E-state index in [0.717, 1.165) is 12.1 Å². The van der Waals surface area contributed by atoms with Crippen LogP contribution in [0.3, 0.4) is 0 Å². The number of halogens is 1. The van der Waals surface area contributed by atoms with Crippen LogP contribution in [0.5, 0.6) is 0 Å². The second kappa shape index (κ2) is 4.98. The first kappa shape index (κ1) is 13.5. The highest BCUT2D eigenvalue weighted by Gasteiger charge is 2.20. The number of nitrogens with two attached hydrogens (primary N) is 1. The Hall–Kier alpha value is -1.93. The van der Waals surface area contributed by atoms with Gasteiger partial charge in [-0.05, 0) is 30.7 Å². The van der Waals surface area contributed by atoms with E-state index >= 15 is 0 Å². The molecule has 0 aliphatic heterocycles. The Labute approximate surface area is 109 Å². The molecule has 1 heterocycles. The summed E-state index contributed by atoms with van der Waals surface area (Å²) in [6, 6.07) is 3.82. The maximum absolute atomic E-state index is 13.7. The minimum absolute atomic E-state index is 0.00441. The number of nitrogens with one attached hydrogen (secondary N) is 2. The van der Waals surface area contributed by atoms with E-state index in [1.807, 2.05) is 0 Å². The molecule has 0 aliphatic carbocycles. The van der Waals surface area contributed by atoms with E-state index in [9.17, 15) is 12.8 Å². The van der Waals surface area contributed by atoms with Crippen molar-refractivity contribution in [2.45, 2.75) is 18.4 Å². The van der Waals surface area contributed by atoms with E-state index < -0.39 is 20.7 Å². The number of rotatable bonds is 4. The third kappa shape index (κ3) is 2.91. The van der Waals surface area contributed by atoms with Crippen molar-refractivity contribution in [3.05, 3.63) is 41.5 Å². The molecule has 0 unspecified atom stereocenters. The van der Waals surface area contributed by atoms with Gasteiger partial charge in [0.2, 0.25) is 10.0 Å². The number of aryl methyl sites for hydroxylation is 1. The number of sulfonamides is 1. The van der Waals surface area contributed by atoms with Gasteiger partial charge in [0, 0.05) is 11.9 Å². The molecule has 102 valence electrons. The van der Waals surface area contributed by atoms with Crippen LogP contribution < -0.4 is 10.5 Å². The standard InChI is InChI=1S/C11H13FN4O2S/c1-7-4-9(12)11(5-10(7)13)19(17,18)15-6-8-2-3-14-16-8/h2-5,15H,6,13H2,1H3,(H,14,16). The van der Waals surface area contributed by atoms with Crippen molar-refractivity contribution in [1.29, 1.82) is 0 Å². The number of aromatic nitrogens is 2. The first-order valence-electron chi connectivity index (χ1n) is 5.43. The number of hydrogen-bond acceptors (Lipinski definition) is 4. The summed E-state index contributed by atoms with van der Waals surface area (Å²) in [5, 5.41) is 6.29. The van der Waals surface area contributed by atoms with Crippen molar-refractivity contribution < 1.29 is 12.8 Å². The highest BCUT2D eigenvalue weighted by atomic mass is 32.2. The molecular weight excluding hydrogens is 271 g/mol. The van der Waals surface area contributed by atoms with Gasteiger partial charge in [-0.15, -0.1) is 0 Å². The molecule has 19 heavy (non-hydrogen) atoms. The molecule has 1 aromatic heterocycles. The highest BCUT2D eigenvalue weighted by molar-refractivity contribution is 7.89. The SMILES string of the molecule is Cc1cc(F)c(S(=O)(=O)NCc2ccn[nH]2)cc1N. The number of anilines is 1. The minimum atomic E-state index is -3.96. The van der Waals surface area contributed by atoms with Crippen LogP contribution >= 0.6 is 0 Å². The Bertz CT molecular complexity index is 683. The lowest BCUT2D eigenvalue weighted by atomic mass is 10.2. The lowest BCUT2D eigenvalue weighted by Gasteiger charge is -2.09. The molecule has 0 atom stereocenters. The van der Waals surface area contributed by atoms with Crippen molar-refractivity contribution >= 4 is 15.7 Å². The van der Waals surface area contributed by atoms with E-state index in [-0.39, 0.29) is 12.2 Å². The topological polar surface area (TPSA) is 101 Å². The summed E-state index contributed by atoms with van der Waals surface area (Å²) in [7, 11) is -3.96. The van der Waals surface area contributed by atoms with E-state index in [1.54, 1.807) is 13.0 Å². The maximum Gasteiger partial charge on any atom is 0.243 e. The van der Waals surface area contributed by atoms with E-state index in [1.165, 1.54) is 6.20 Å². The summed E-state index contributed by atoms with van der Waals surface area (Å²) in [5.74, 6) is -0.830. The van der Waals surface area contributed by atoms with E-state index in [4.69, 9.17) is 5.73 Å². The van der Waals surface area contributed by atoms with Crippen molar-refractivity contribution in [3.63, 3.8) is 0 Å². The molecule has 0 aliphatic rings. The normalized spacial score (nSPS) is 11.7. The molecular formula is C11H13FN4O2S. The molecule has 0 spiro atoms. The number of nitrogens with zero attached hydrogens (tertiary/aromatic N) is 1. The largest absolute Gasteiger partial charge is 0.398 e. The second-order valence-electron chi connectivity index (χ2n) is 4.05. The molecule has 0 saturated carbocycles. The number of nitrogen functional groups attached to an aromatic ring is 1. The van der Waals surface area contributed by atoms with Gasteiger partial charge >= 0.3 is 0 Å². The van der Waals surface area contributed by atoms with Crippen molar-refractivity contribution in [2.75, 3.05) is 5.73 Å². The number of H-pyrrole nitrogens is 1. The van der Waals surface area contributed by atoms with Gasteiger partial charge in [-0.2, -0.15) is 5.10 Å². The molecule has 0 fully saturated rings. The summed E-state index contributed by atoms with van der Waals surface area (Å²) < 4.78 is 39.9. The fourth-order valence-electron chi connectivity index (χ4n) is 1.51. The predicted molar refractivity (Wildman–Crippen MR) is 68.2 cm³/mol. The lowest BCUT2D eigenvalue weighted by Crippen LogP contribution is -2.24. The van der Waals surface area contributed by atoms with Crippen LogP contribution in [-0.4, -0.2) is 18.6 Å². The van der Waals surface area contributed by atoms with Gasteiger partial charge in [0.05, 0.1) is 12.2 Å². The molecule has 0 radical (unpaired) electrons. The predicted octanol–water partition coefficient (Wildman–Crippen LogP) is 0.918. The van der Waals surface area contributed by atoms with Crippen LogP contribution in [0.25, 0.3) is 0 Å². The molecule has 1 aromatic carbocycles. The van der Waals surface area contributed by atoms with Gasteiger partial charge in [-0.3, -0.25) is 5.10 Å². The summed E-state index contributed by atoms with van der Waals surface area (Å²) in [6.45, 7) is 1.60. The molecule has 6 nitrogen and oxygen atoms in total. The van der Waals surface area contributed by atoms with E-state index in [2.05, 4.69) is 14.9 Å². The molecule has 8 heteroatoms. The minimum Gasteiger partial charge on any atom is -0.398 e. The molecule has 0 bridgehead atoms. The van der Waals surface area contributed by atoms with Crippen LogP contribution in [-0.2, 0) is 16.6 Å². The Morgan fingerprint density at radius 2 is 2.21 bits per heavy atom. The average Bonchev–Trinajstić information content (AvgIpc) is 2.84. The fourth-order valence-corrected chi connectivity index (χ4v) is 2.61. The van der Waals surface area contributed by atoms with Gasteiger partial charge in [0.1, 0.15) is 10.7 Å². The van der Waals surface area contributed by atoms with Crippen molar-refractivity contribution in [2.24, 2.45) is 0 Å². The highest BCUT2D eigenvalue weighted by Crippen LogP contribution is 2.21. The van der Waals surface area contributed by atoms with Crippen LogP contribution in [0.15, 0.2) is 29.3 Å². The van der Waals surface area contributed by atoms with E-state index in [0.29, 0.717) is 11.3 Å². The average molecular weight is 284 g/mol. The summed E-state index contributed by atoms with van der Waals surface area (Å²) in [5.41, 5.74) is 6.89. The number of benzene rings is 1. The molecule has 0 amide bonds. The third-order valence-corrected chi connectivity index (χ3v) is 4.04. The second-order valence-corrected chi connectivity index (χ2v) is 5.78. The fraction of sp³-hybridized carbons (Fsp3) is 0.182. The maximum atomic E-state index is 13.7. The molecule has 2 rings (SSSR count). The zero-order valence-electron chi connectivity index (χ0n) is 10.1. The number of aromatic amines is 1. The Morgan fingerprint density at radius 3 is 2.84 bits per heavy atom. The van der Waals surface area contributed by atoms with Gasteiger partial charge in [-0.25, -0.2) is 17.5 Å². The van der Waals surface area contributed by atoms with Crippen molar-refractivity contribution in [3.8, 4) is 0 Å². The molecule has 0 saturated heterocycles. The van der Waals surface area contributed by atoms with Gasteiger partial charge < -0.3 is 5.73 Å². The first-order chi connectivity index (χ1) is 8.90.